The van der Waals surface area contributed by atoms with Crippen molar-refractivity contribution in [3.05, 3.63) is 59.7 Å². The minimum atomic E-state index is -2.86. The highest BCUT2D eigenvalue weighted by Gasteiger charge is 2.27. The van der Waals surface area contributed by atoms with Gasteiger partial charge in [0.2, 0.25) is 5.91 Å². The molecule has 1 atom stereocenters. The second-order valence-corrected chi connectivity index (χ2v) is 11.1. The van der Waals surface area contributed by atoms with E-state index in [1.165, 1.54) is 0 Å². The molecule has 174 valence electrons. The van der Waals surface area contributed by atoms with Crippen LogP contribution in [0.4, 0.5) is 11.5 Å². The Kier molecular flexibility index (Phi) is 6.01. The van der Waals surface area contributed by atoms with Crippen molar-refractivity contribution in [3.8, 4) is 0 Å². The van der Waals surface area contributed by atoms with Crippen LogP contribution in [-0.2, 0) is 11.3 Å². The zero-order valence-electron chi connectivity index (χ0n) is 18.8. The van der Waals surface area contributed by atoms with E-state index >= 15 is 0 Å². The molecule has 7 nitrogen and oxygen atoms in total. The second-order valence-electron chi connectivity index (χ2n) is 8.93. The number of hydrogen-bond donors (Lipinski definition) is 4. The van der Waals surface area contributed by atoms with Gasteiger partial charge in [0.05, 0.1) is 27.8 Å². The van der Waals surface area contributed by atoms with E-state index in [1.807, 2.05) is 49.4 Å². The summed E-state index contributed by atoms with van der Waals surface area (Å²) in [7, 11) is -2.86. The van der Waals surface area contributed by atoms with E-state index in [0.717, 1.165) is 52.9 Å². The summed E-state index contributed by atoms with van der Waals surface area (Å²) in [6, 6.07) is 15.4. The van der Waals surface area contributed by atoms with Gasteiger partial charge in [-0.05, 0) is 43.5 Å². The minimum absolute atomic E-state index is 0.0255. The van der Waals surface area contributed by atoms with Crippen molar-refractivity contribution in [3.63, 3.8) is 0 Å². The lowest BCUT2D eigenvalue weighted by Gasteiger charge is -2.32. The Morgan fingerprint density at radius 3 is 2.88 bits per heavy atom. The number of aryl methyl sites for hydroxylation is 1. The predicted octanol–water partition coefficient (Wildman–Crippen LogP) is 4.61. The molecular weight excluding hydrogens is 436 g/mol. The summed E-state index contributed by atoms with van der Waals surface area (Å²) in [5.74, 6) is 0.944. The number of para-hydroxylation sites is 1. The van der Waals surface area contributed by atoms with Gasteiger partial charge in [0.25, 0.3) is 0 Å². The molecule has 2 aliphatic rings. The zero-order chi connectivity index (χ0) is 23.0. The van der Waals surface area contributed by atoms with Crippen LogP contribution in [0.3, 0.4) is 0 Å². The third-order valence-corrected chi connectivity index (χ3v) is 8.46. The number of piperidine rings is 1. The number of fused-ring (bicyclic) bond motifs is 2. The van der Waals surface area contributed by atoms with Gasteiger partial charge in [0, 0.05) is 31.1 Å². The Balaban J connectivity index is 1.54. The average molecular weight is 467 g/mol. The first-order chi connectivity index (χ1) is 15.9. The molecule has 1 amide bonds. The van der Waals surface area contributed by atoms with Crippen LogP contribution in [0.25, 0.3) is 10.9 Å². The van der Waals surface area contributed by atoms with E-state index in [4.69, 9.17) is 4.98 Å². The lowest BCUT2D eigenvalue weighted by atomic mass is 9.98. The topological polar surface area (TPSA) is 97.7 Å². The van der Waals surface area contributed by atoms with E-state index in [9.17, 15) is 13.9 Å². The number of aromatic nitrogens is 1. The van der Waals surface area contributed by atoms with Gasteiger partial charge in [-0.2, -0.15) is 10.6 Å². The molecule has 5 rings (SSSR count). The second kappa shape index (κ2) is 8.95. The molecule has 0 spiro atoms. The van der Waals surface area contributed by atoms with Gasteiger partial charge in [-0.15, -0.1) is 0 Å². The monoisotopic (exact) mass is 466 g/mol. The van der Waals surface area contributed by atoms with E-state index in [1.54, 1.807) is 6.07 Å². The maximum absolute atomic E-state index is 13.0. The van der Waals surface area contributed by atoms with Crippen LogP contribution < -0.4 is 15.5 Å². The Morgan fingerprint density at radius 2 is 2.06 bits per heavy atom. The van der Waals surface area contributed by atoms with Crippen molar-refractivity contribution >= 4 is 38.9 Å². The number of anilines is 2. The molecular formula is C25H30N4O3S. The smallest absolute Gasteiger partial charge is 0.228 e. The molecule has 3 aromatic rings. The number of rotatable bonds is 3. The molecule has 0 saturated carbocycles. The van der Waals surface area contributed by atoms with Crippen LogP contribution in [0, 0.1) is 12.8 Å². The molecule has 2 aliphatic heterocycles. The molecule has 0 radical (unpaired) electrons. The molecule has 8 heteroatoms. The van der Waals surface area contributed by atoms with Gasteiger partial charge in [-0.25, -0.2) is 4.98 Å². The SMILES string of the molecule is Cc1cccc2c(NC(=O)C3CCCNC3)cc(N3CCS(O)(O)c4ccccc4C3)nc12. The van der Waals surface area contributed by atoms with Gasteiger partial charge in [0.1, 0.15) is 5.82 Å². The zero-order valence-corrected chi connectivity index (χ0v) is 19.6. The predicted molar refractivity (Wildman–Crippen MR) is 134 cm³/mol. The first kappa shape index (κ1) is 22.2. The van der Waals surface area contributed by atoms with Crippen molar-refractivity contribution in [2.45, 2.75) is 31.2 Å². The lowest BCUT2D eigenvalue weighted by Crippen LogP contribution is -2.37. The molecule has 1 saturated heterocycles. The molecule has 3 heterocycles. The van der Waals surface area contributed by atoms with Crippen LogP contribution in [0.1, 0.15) is 24.0 Å². The van der Waals surface area contributed by atoms with Crippen LogP contribution in [0.15, 0.2) is 53.4 Å². The number of amides is 1. The minimum Gasteiger partial charge on any atom is -0.351 e. The number of nitrogens with one attached hydrogen (secondary N) is 2. The summed E-state index contributed by atoms with van der Waals surface area (Å²) < 4.78 is 21.5. The Hall–Kier alpha value is -2.65. The highest BCUT2D eigenvalue weighted by atomic mass is 32.3. The van der Waals surface area contributed by atoms with Crippen molar-refractivity contribution in [2.75, 3.05) is 35.6 Å². The Bertz CT molecular complexity index is 1190. The van der Waals surface area contributed by atoms with Crippen LogP contribution in [-0.4, -0.2) is 45.4 Å². The molecule has 0 bridgehead atoms. The molecule has 2 aromatic carbocycles. The van der Waals surface area contributed by atoms with Gasteiger partial charge in [0.15, 0.2) is 0 Å². The van der Waals surface area contributed by atoms with Gasteiger partial charge >= 0.3 is 0 Å². The summed E-state index contributed by atoms with van der Waals surface area (Å²) >= 11 is 0. The highest BCUT2D eigenvalue weighted by molar-refractivity contribution is 8.24. The van der Waals surface area contributed by atoms with E-state index in [-0.39, 0.29) is 17.6 Å². The van der Waals surface area contributed by atoms with Crippen molar-refractivity contribution in [1.29, 1.82) is 0 Å². The van der Waals surface area contributed by atoms with Crippen molar-refractivity contribution in [1.82, 2.24) is 10.3 Å². The standard InChI is InChI=1S/C25H30N4O3S/c1-17-6-4-9-20-21(27-25(30)18-8-5-11-26-15-18)14-23(28-24(17)20)29-12-13-33(31,32)22-10-3-2-7-19(22)16-29/h2-4,6-7,9-10,14,18,26,31-32H,5,8,11-13,15-16H2,1H3,(H,27,28,30). The fourth-order valence-corrected chi connectivity index (χ4v) is 6.28. The van der Waals surface area contributed by atoms with Gasteiger partial charge < -0.3 is 15.5 Å². The quantitative estimate of drug-likeness (QED) is 0.450. The van der Waals surface area contributed by atoms with Gasteiger partial charge in [-0.1, -0.05) is 36.4 Å². The number of carbonyl (C=O) groups excluding carboxylic acids is 1. The summed E-state index contributed by atoms with van der Waals surface area (Å²) in [6.45, 7) is 4.66. The summed E-state index contributed by atoms with van der Waals surface area (Å²) in [6.07, 6.45) is 1.88. The normalized spacial score (nSPS) is 21.2. The number of pyridine rings is 1. The third-order valence-electron chi connectivity index (χ3n) is 6.61. The summed E-state index contributed by atoms with van der Waals surface area (Å²) in [5.41, 5.74) is 3.51. The van der Waals surface area contributed by atoms with E-state index in [2.05, 4.69) is 15.5 Å². The number of benzene rings is 2. The maximum Gasteiger partial charge on any atom is 0.228 e. The van der Waals surface area contributed by atoms with Crippen molar-refractivity contribution in [2.24, 2.45) is 5.92 Å². The van der Waals surface area contributed by atoms with E-state index < -0.39 is 10.6 Å². The number of hydrogen-bond acceptors (Lipinski definition) is 6. The molecule has 33 heavy (non-hydrogen) atoms. The Labute approximate surface area is 195 Å². The molecule has 1 fully saturated rings. The van der Waals surface area contributed by atoms with Gasteiger partial charge in [-0.3, -0.25) is 13.9 Å². The van der Waals surface area contributed by atoms with Crippen molar-refractivity contribution < 1.29 is 13.9 Å². The fraction of sp³-hybridized carbons (Fsp3) is 0.360. The van der Waals surface area contributed by atoms with Crippen LogP contribution in [0.5, 0.6) is 0 Å². The van der Waals surface area contributed by atoms with Crippen LogP contribution in [0.2, 0.25) is 0 Å². The Morgan fingerprint density at radius 1 is 1.21 bits per heavy atom. The number of carbonyl (C=O) groups is 1. The fourth-order valence-electron chi connectivity index (χ4n) is 4.74. The third kappa shape index (κ3) is 4.44. The van der Waals surface area contributed by atoms with Crippen LogP contribution >= 0.6 is 10.6 Å². The average Bonchev–Trinajstić information content (AvgIpc) is 2.96. The first-order valence-electron chi connectivity index (χ1n) is 11.4. The molecule has 4 N–H and O–H groups in total. The maximum atomic E-state index is 13.0. The molecule has 1 aromatic heterocycles. The summed E-state index contributed by atoms with van der Waals surface area (Å²) in [5, 5.41) is 7.39. The lowest BCUT2D eigenvalue weighted by molar-refractivity contribution is -0.120. The summed E-state index contributed by atoms with van der Waals surface area (Å²) in [4.78, 5) is 20.7. The highest BCUT2D eigenvalue weighted by Crippen LogP contribution is 2.51. The molecule has 1 unspecified atom stereocenters. The number of nitrogens with zero attached hydrogens (tertiary/aromatic N) is 2. The van der Waals surface area contributed by atoms with E-state index in [0.29, 0.717) is 24.5 Å². The molecule has 0 aliphatic carbocycles. The largest absolute Gasteiger partial charge is 0.351 e. The first-order valence-corrected chi connectivity index (χ1v) is 13.1.